The maximum Gasteiger partial charge on any atom is 0.349 e. The minimum absolute atomic E-state index is 0.407. The first kappa shape index (κ1) is 8.19. The van der Waals surface area contributed by atoms with Crippen LogP contribution in [0.2, 0.25) is 0 Å². The Bertz CT molecular complexity index is 368. The Labute approximate surface area is 63.9 Å². The van der Waals surface area contributed by atoms with Gasteiger partial charge in [-0.25, -0.2) is 0 Å². The lowest BCUT2D eigenvalue weighted by molar-refractivity contribution is 0.534. The largest absolute Gasteiger partial charge is 0.349 e. The third-order valence-corrected chi connectivity index (χ3v) is 2.09. The zero-order valence-electron chi connectivity index (χ0n) is 6.07. The highest BCUT2D eigenvalue weighted by atomic mass is 32.3. The first-order valence-electron chi connectivity index (χ1n) is 2.86. The van der Waals surface area contributed by atoms with Crippen molar-refractivity contribution in [2.24, 2.45) is 7.05 Å². The van der Waals surface area contributed by atoms with E-state index in [-0.39, 0.29) is 0 Å². The molecule has 0 saturated carbocycles. The van der Waals surface area contributed by atoms with Gasteiger partial charge in [0.2, 0.25) is 0 Å². The first-order valence-corrected chi connectivity index (χ1v) is 4.25. The number of rotatable bonds is 1. The summed E-state index contributed by atoms with van der Waals surface area (Å²) >= 11 is 0. The third kappa shape index (κ3) is 1.56. The molecule has 1 aromatic heterocycles. The predicted octanol–water partition coefficient (Wildman–Crippen LogP) is 0.387. The van der Waals surface area contributed by atoms with Gasteiger partial charge < -0.3 is 0 Å². The van der Waals surface area contributed by atoms with E-state index < -0.39 is 15.2 Å². The summed E-state index contributed by atoms with van der Waals surface area (Å²) in [4.78, 5) is 0. The van der Waals surface area contributed by atoms with Crippen molar-refractivity contribution in [1.82, 2.24) is 9.78 Å². The summed E-state index contributed by atoms with van der Waals surface area (Å²) < 4.78 is 34.0. The Morgan fingerprint density at radius 3 is 2.36 bits per heavy atom. The molecule has 0 N–H and O–H groups in total. The SMILES string of the molecule is Cc1cc(S(=O)(=O)F)n(C)n1. The van der Waals surface area contributed by atoms with Gasteiger partial charge in [-0.05, 0) is 6.92 Å². The fraction of sp³-hybridized carbons (Fsp3) is 0.400. The lowest BCUT2D eigenvalue weighted by Crippen LogP contribution is -2.01. The summed E-state index contributed by atoms with van der Waals surface area (Å²) in [7, 11) is -3.24. The lowest BCUT2D eigenvalue weighted by atomic mass is 10.5. The van der Waals surface area contributed by atoms with E-state index in [1.165, 1.54) is 13.1 Å². The van der Waals surface area contributed by atoms with Gasteiger partial charge in [0.05, 0.1) is 5.69 Å². The molecule has 0 aliphatic heterocycles. The predicted molar refractivity (Wildman–Crippen MR) is 36.2 cm³/mol. The molecule has 0 amide bonds. The van der Waals surface area contributed by atoms with Gasteiger partial charge in [-0.1, -0.05) is 3.89 Å². The highest BCUT2D eigenvalue weighted by Crippen LogP contribution is 2.11. The van der Waals surface area contributed by atoms with Crippen LogP contribution in [-0.4, -0.2) is 18.2 Å². The minimum Gasteiger partial charge on any atom is -0.255 e. The molecule has 1 aromatic rings. The molecule has 0 saturated heterocycles. The summed E-state index contributed by atoms with van der Waals surface area (Å²) in [6.45, 7) is 1.59. The molecule has 0 spiro atoms. The molecule has 4 nitrogen and oxygen atoms in total. The van der Waals surface area contributed by atoms with Crippen LogP contribution in [-0.2, 0) is 17.3 Å². The minimum atomic E-state index is -4.61. The average Bonchev–Trinajstić information content (AvgIpc) is 2.08. The average molecular weight is 178 g/mol. The Kier molecular flexibility index (Phi) is 1.71. The second kappa shape index (κ2) is 2.30. The molecule has 6 heteroatoms. The number of hydrogen-bond donors (Lipinski definition) is 0. The Morgan fingerprint density at radius 2 is 2.18 bits per heavy atom. The van der Waals surface area contributed by atoms with Crippen molar-refractivity contribution in [1.29, 1.82) is 0 Å². The van der Waals surface area contributed by atoms with Crippen LogP contribution in [0.15, 0.2) is 11.1 Å². The van der Waals surface area contributed by atoms with Crippen molar-refractivity contribution in [3.05, 3.63) is 11.8 Å². The molecule has 0 atom stereocenters. The van der Waals surface area contributed by atoms with Crippen molar-refractivity contribution >= 4 is 10.2 Å². The van der Waals surface area contributed by atoms with Crippen molar-refractivity contribution in [2.75, 3.05) is 0 Å². The van der Waals surface area contributed by atoms with Crippen molar-refractivity contribution in [3.8, 4) is 0 Å². The molecule has 0 aliphatic carbocycles. The second-order valence-electron chi connectivity index (χ2n) is 2.19. The zero-order chi connectivity index (χ0) is 8.65. The summed E-state index contributed by atoms with van der Waals surface area (Å²) in [5.41, 5.74) is 0.476. The molecule has 62 valence electrons. The van der Waals surface area contributed by atoms with Crippen molar-refractivity contribution in [3.63, 3.8) is 0 Å². The van der Waals surface area contributed by atoms with Gasteiger partial charge in [0, 0.05) is 13.1 Å². The van der Waals surface area contributed by atoms with Crippen LogP contribution >= 0.6 is 0 Å². The quantitative estimate of drug-likeness (QED) is 0.584. The van der Waals surface area contributed by atoms with Crippen LogP contribution in [0.25, 0.3) is 0 Å². The molecule has 0 aromatic carbocycles. The Hall–Kier alpha value is -0.910. The van der Waals surface area contributed by atoms with Crippen LogP contribution in [0.1, 0.15) is 5.69 Å². The maximum absolute atomic E-state index is 12.3. The second-order valence-corrected chi connectivity index (χ2v) is 3.48. The molecule has 11 heavy (non-hydrogen) atoms. The monoisotopic (exact) mass is 178 g/mol. The molecule has 0 fully saturated rings. The molecule has 0 bridgehead atoms. The van der Waals surface area contributed by atoms with E-state index in [9.17, 15) is 12.3 Å². The van der Waals surface area contributed by atoms with Gasteiger partial charge in [-0.3, -0.25) is 4.68 Å². The number of nitrogens with zero attached hydrogens (tertiary/aromatic N) is 2. The number of halogens is 1. The zero-order valence-corrected chi connectivity index (χ0v) is 6.89. The Balaban J connectivity index is 3.36. The summed E-state index contributed by atoms with van der Waals surface area (Å²) in [5, 5.41) is 3.27. The van der Waals surface area contributed by atoms with E-state index >= 15 is 0 Å². The van der Waals surface area contributed by atoms with Crippen molar-refractivity contribution in [2.45, 2.75) is 11.9 Å². The number of aryl methyl sites for hydroxylation is 2. The fourth-order valence-corrected chi connectivity index (χ4v) is 1.48. The fourth-order valence-electron chi connectivity index (χ4n) is 0.815. The molecular weight excluding hydrogens is 171 g/mol. The third-order valence-electron chi connectivity index (χ3n) is 1.21. The van der Waals surface area contributed by atoms with Crippen LogP contribution in [0.5, 0.6) is 0 Å². The van der Waals surface area contributed by atoms with Gasteiger partial charge >= 0.3 is 10.2 Å². The van der Waals surface area contributed by atoms with Gasteiger partial charge in [-0.2, -0.15) is 13.5 Å². The Morgan fingerprint density at radius 1 is 1.64 bits per heavy atom. The van der Waals surface area contributed by atoms with Crippen LogP contribution in [0.3, 0.4) is 0 Å². The van der Waals surface area contributed by atoms with Crippen LogP contribution in [0.4, 0.5) is 3.89 Å². The van der Waals surface area contributed by atoms with Gasteiger partial charge in [0.1, 0.15) is 0 Å². The number of aromatic nitrogens is 2. The standard InChI is InChI=1S/C5H7FN2O2S/c1-4-3-5(8(2)7-4)11(6,9)10/h3H,1-2H3. The van der Waals surface area contributed by atoms with E-state index in [0.29, 0.717) is 5.69 Å². The molecular formula is C5H7FN2O2S. The van der Waals surface area contributed by atoms with E-state index in [4.69, 9.17) is 0 Å². The normalized spacial score (nSPS) is 11.9. The molecule has 0 unspecified atom stereocenters. The van der Waals surface area contributed by atoms with Gasteiger partial charge in [-0.15, -0.1) is 0 Å². The van der Waals surface area contributed by atoms with Gasteiger partial charge in [0.15, 0.2) is 5.03 Å². The smallest absolute Gasteiger partial charge is 0.255 e. The topological polar surface area (TPSA) is 52.0 Å². The van der Waals surface area contributed by atoms with Crippen LogP contribution < -0.4 is 0 Å². The lowest BCUT2D eigenvalue weighted by Gasteiger charge is -1.92. The maximum atomic E-state index is 12.3. The highest BCUT2D eigenvalue weighted by molar-refractivity contribution is 7.86. The van der Waals surface area contributed by atoms with E-state index in [0.717, 1.165) is 4.68 Å². The van der Waals surface area contributed by atoms with E-state index in [2.05, 4.69) is 5.10 Å². The highest BCUT2D eigenvalue weighted by Gasteiger charge is 2.16. The van der Waals surface area contributed by atoms with Crippen molar-refractivity contribution < 1.29 is 12.3 Å². The molecule has 1 rings (SSSR count). The molecule has 1 heterocycles. The molecule has 0 aliphatic rings. The molecule has 0 radical (unpaired) electrons. The number of hydrogen-bond acceptors (Lipinski definition) is 3. The van der Waals surface area contributed by atoms with E-state index in [1.54, 1.807) is 6.92 Å². The first-order chi connectivity index (χ1) is 4.91. The van der Waals surface area contributed by atoms with E-state index in [1.807, 2.05) is 0 Å². The summed E-state index contributed by atoms with van der Waals surface area (Å²) in [6, 6.07) is 1.18. The van der Waals surface area contributed by atoms with Crippen LogP contribution in [0, 0.1) is 6.92 Å². The van der Waals surface area contributed by atoms with Gasteiger partial charge in [0.25, 0.3) is 0 Å². The summed E-state index contributed by atoms with van der Waals surface area (Å²) in [6.07, 6.45) is 0. The summed E-state index contributed by atoms with van der Waals surface area (Å²) in [5.74, 6) is 0.